The molecule has 1 aliphatic rings. The second-order valence-electron chi connectivity index (χ2n) is 5.35. The van der Waals surface area contributed by atoms with E-state index in [1.165, 1.54) is 25.0 Å². The normalized spacial score (nSPS) is 17.6. The van der Waals surface area contributed by atoms with Crippen LogP contribution in [0.25, 0.3) is 0 Å². The van der Waals surface area contributed by atoms with Crippen LogP contribution in [0.15, 0.2) is 6.20 Å². The van der Waals surface area contributed by atoms with Crippen LogP contribution in [-0.4, -0.2) is 42.9 Å². The molecule has 18 heavy (non-hydrogen) atoms. The van der Waals surface area contributed by atoms with E-state index < -0.39 is 0 Å². The second-order valence-corrected chi connectivity index (χ2v) is 5.35. The lowest BCUT2D eigenvalue weighted by molar-refractivity contribution is -0.0696. The fourth-order valence-electron chi connectivity index (χ4n) is 2.46. The molecule has 0 bridgehead atoms. The van der Waals surface area contributed by atoms with Crippen molar-refractivity contribution in [2.24, 2.45) is 7.05 Å². The van der Waals surface area contributed by atoms with Crippen LogP contribution >= 0.6 is 0 Å². The lowest BCUT2D eigenvalue weighted by Gasteiger charge is -2.40. The van der Waals surface area contributed by atoms with E-state index in [0.29, 0.717) is 0 Å². The standard InChI is InChI=1S/C13H24N4O/c1-16(2)12-15-9-11(17(12)3)8-14-10-13(18-4)6-5-7-13/h9,14H,5-8,10H2,1-4H3. The van der Waals surface area contributed by atoms with Gasteiger partial charge in [-0.05, 0) is 19.3 Å². The van der Waals surface area contributed by atoms with Gasteiger partial charge in [-0.2, -0.15) is 0 Å². The number of imidazole rings is 1. The second kappa shape index (κ2) is 5.28. The van der Waals surface area contributed by atoms with Gasteiger partial charge in [0.1, 0.15) is 0 Å². The molecule has 1 aromatic heterocycles. The first-order valence-corrected chi connectivity index (χ1v) is 6.52. The molecule has 1 aromatic rings. The fourth-order valence-corrected chi connectivity index (χ4v) is 2.46. The van der Waals surface area contributed by atoms with E-state index in [-0.39, 0.29) is 5.60 Å². The summed E-state index contributed by atoms with van der Waals surface area (Å²) in [6.45, 7) is 1.76. The zero-order valence-electron chi connectivity index (χ0n) is 11.9. The first-order chi connectivity index (χ1) is 8.58. The van der Waals surface area contributed by atoms with Crippen LogP contribution in [0.3, 0.4) is 0 Å². The highest BCUT2D eigenvalue weighted by atomic mass is 16.5. The van der Waals surface area contributed by atoms with Gasteiger partial charge in [0.2, 0.25) is 5.95 Å². The third-order valence-corrected chi connectivity index (χ3v) is 3.91. The molecule has 1 heterocycles. The largest absolute Gasteiger partial charge is 0.377 e. The number of aromatic nitrogens is 2. The SMILES string of the molecule is COC1(CNCc2cnc(N(C)C)n2C)CCC1. The molecule has 0 aliphatic heterocycles. The molecular formula is C13H24N4O. The summed E-state index contributed by atoms with van der Waals surface area (Å²) in [4.78, 5) is 6.42. The molecule has 102 valence electrons. The van der Waals surface area contributed by atoms with E-state index >= 15 is 0 Å². The van der Waals surface area contributed by atoms with E-state index in [9.17, 15) is 0 Å². The number of anilines is 1. The summed E-state index contributed by atoms with van der Waals surface area (Å²) in [6, 6.07) is 0. The summed E-state index contributed by atoms with van der Waals surface area (Å²) in [5.74, 6) is 0.983. The summed E-state index contributed by atoms with van der Waals surface area (Å²) >= 11 is 0. The molecule has 2 rings (SSSR count). The molecule has 5 nitrogen and oxygen atoms in total. The van der Waals surface area contributed by atoms with Gasteiger partial charge in [0.15, 0.2) is 0 Å². The van der Waals surface area contributed by atoms with Crippen molar-refractivity contribution in [3.63, 3.8) is 0 Å². The molecule has 5 heteroatoms. The van der Waals surface area contributed by atoms with Gasteiger partial charge in [-0.25, -0.2) is 4.98 Å². The molecular weight excluding hydrogens is 228 g/mol. The van der Waals surface area contributed by atoms with Gasteiger partial charge in [0.25, 0.3) is 0 Å². The van der Waals surface area contributed by atoms with E-state index in [4.69, 9.17) is 4.74 Å². The van der Waals surface area contributed by atoms with Gasteiger partial charge in [0, 0.05) is 41.3 Å². The quantitative estimate of drug-likeness (QED) is 0.824. The molecule has 0 amide bonds. The van der Waals surface area contributed by atoms with Gasteiger partial charge in [-0.1, -0.05) is 0 Å². The Hall–Kier alpha value is -1.07. The van der Waals surface area contributed by atoms with Gasteiger partial charge in [0.05, 0.1) is 17.5 Å². The Morgan fingerprint density at radius 1 is 1.50 bits per heavy atom. The van der Waals surface area contributed by atoms with E-state index in [1.807, 2.05) is 32.3 Å². The minimum atomic E-state index is 0.0863. The third kappa shape index (κ3) is 2.52. The van der Waals surface area contributed by atoms with Gasteiger partial charge < -0.3 is 19.5 Å². The summed E-state index contributed by atoms with van der Waals surface area (Å²) in [5.41, 5.74) is 1.28. The average molecular weight is 252 g/mol. The zero-order chi connectivity index (χ0) is 13.2. The number of nitrogens with one attached hydrogen (secondary N) is 1. The number of rotatable bonds is 6. The molecule has 0 unspecified atom stereocenters. The number of hydrogen-bond acceptors (Lipinski definition) is 4. The Balaban J connectivity index is 1.87. The summed E-state index contributed by atoms with van der Waals surface area (Å²) in [6.07, 6.45) is 5.56. The minimum absolute atomic E-state index is 0.0863. The van der Waals surface area contributed by atoms with Crippen molar-refractivity contribution < 1.29 is 4.74 Å². The van der Waals surface area contributed by atoms with Crippen molar-refractivity contribution in [1.29, 1.82) is 0 Å². The third-order valence-electron chi connectivity index (χ3n) is 3.91. The molecule has 0 radical (unpaired) electrons. The van der Waals surface area contributed by atoms with Crippen LogP contribution in [-0.2, 0) is 18.3 Å². The van der Waals surface area contributed by atoms with Gasteiger partial charge >= 0.3 is 0 Å². The van der Waals surface area contributed by atoms with Crippen LogP contribution in [0.4, 0.5) is 5.95 Å². The molecule has 1 saturated carbocycles. The van der Waals surface area contributed by atoms with E-state index in [2.05, 4.69) is 21.9 Å². The van der Waals surface area contributed by atoms with Crippen molar-refractivity contribution in [2.75, 3.05) is 32.6 Å². The van der Waals surface area contributed by atoms with Crippen LogP contribution < -0.4 is 10.2 Å². The monoisotopic (exact) mass is 252 g/mol. The van der Waals surface area contributed by atoms with E-state index in [1.54, 1.807) is 0 Å². The molecule has 1 aliphatic carbocycles. The molecule has 0 spiro atoms. The highest BCUT2D eigenvalue weighted by molar-refractivity contribution is 5.30. The summed E-state index contributed by atoms with van der Waals surface area (Å²) in [7, 11) is 7.88. The van der Waals surface area contributed by atoms with Crippen molar-refractivity contribution in [3.8, 4) is 0 Å². The number of nitrogens with zero attached hydrogens (tertiary/aromatic N) is 3. The van der Waals surface area contributed by atoms with Crippen molar-refractivity contribution in [2.45, 2.75) is 31.4 Å². The Labute approximate surface area is 109 Å². The van der Waals surface area contributed by atoms with Crippen LogP contribution in [0.5, 0.6) is 0 Å². The number of hydrogen-bond donors (Lipinski definition) is 1. The van der Waals surface area contributed by atoms with Crippen LogP contribution in [0.2, 0.25) is 0 Å². The van der Waals surface area contributed by atoms with E-state index in [0.717, 1.165) is 19.0 Å². The number of ether oxygens (including phenoxy) is 1. The van der Waals surface area contributed by atoms with Gasteiger partial charge in [-0.15, -0.1) is 0 Å². The van der Waals surface area contributed by atoms with Crippen LogP contribution in [0, 0.1) is 0 Å². The van der Waals surface area contributed by atoms with Crippen LogP contribution in [0.1, 0.15) is 25.0 Å². The van der Waals surface area contributed by atoms with Crippen molar-refractivity contribution >= 4 is 5.95 Å². The Morgan fingerprint density at radius 2 is 2.22 bits per heavy atom. The topological polar surface area (TPSA) is 42.3 Å². The first-order valence-electron chi connectivity index (χ1n) is 6.52. The summed E-state index contributed by atoms with van der Waals surface area (Å²) < 4.78 is 7.71. The Bertz CT molecular complexity index is 390. The fraction of sp³-hybridized carbons (Fsp3) is 0.769. The maximum atomic E-state index is 5.59. The molecule has 0 aromatic carbocycles. The lowest BCUT2D eigenvalue weighted by Crippen LogP contribution is -2.47. The smallest absolute Gasteiger partial charge is 0.204 e. The highest BCUT2D eigenvalue weighted by Gasteiger charge is 2.36. The van der Waals surface area contributed by atoms with Crippen molar-refractivity contribution in [3.05, 3.63) is 11.9 Å². The Kier molecular flexibility index (Phi) is 3.92. The average Bonchev–Trinajstić information content (AvgIpc) is 2.64. The zero-order valence-corrected chi connectivity index (χ0v) is 11.9. The number of methoxy groups -OCH3 is 1. The summed E-state index contributed by atoms with van der Waals surface area (Å²) in [5, 5.41) is 3.48. The molecule has 0 atom stereocenters. The Morgan fingerprint density at radius 3 is 2.67 bits per heavy atom. The maximum Gasteiger partial charge on any atom is 0.204 e. The first kappa shape index (κ1) is 13.4. The lowest BCUT2D eigenvalue weighted by atomic mass is 9.80. The van der Waals surface area contributed by atoms with Crippen molar-refractivity contribution in [1.82, 2.24) is 14.9 Å². The minimum Gasteiger partial charge on any atom is -0.377 e. The highest BCUT2D eigenvalue weighted by Crippen LogP contribution is 2.34. The van der Waals surface area contributed by atoms with Gasteiger partial charge in [-0.3, -0.25) is 0 Å². The molecule has 1 fully saturated rings. The predicted molar refractivity (Wildman–Crippen MR) is 72.8 cm³/mol. The maximum absolute atomic E-state index is 5.59. The molecule has 0 saturated heterocycles. The predicted octanol–water partition coefficient (Wildman–Crippen LogP) is 1.14. The molecule has 1 N–H and O–H groups in total.